The molecule has 0 radical (unpaired) electrons. The summed E-state index contributed by atoms with van der Waals surface area (Å²) in [4.78, 5) is 4.80. The number of nitrogens with two attached hydrogens (primary N) is 1. The third kappa shape index (κ3) is 2.69. The number of nitrogen functional groups attached to an aromatic ring is 1. The maximum Gasteiger partial charge on any atom is 0.387 e. The second kappa shape index (κ2) is 4.93. The predicted molar refractivity (Wildman–Crippen MR) is 52.9 cm³/mol. The number of hydroxylamine groups is 1. The van der Waals surface area contributed by atoms with Gasteiger partial charge in [0, 0.05) is 19.2 Å². The van der Waals surface area contributed by atoms with Crippen LogP contribution in [0, 0.1) is 5.82 Å². The molecule has 0 atom stereocenters. The summed E-state index contributed by atoms with van der Waals surface area (Å²) in [6, 6.07) is 1.93. The minimum Gasteiger partial charge on any atom is -0.432 e. The molecule has 16 heavy (non-hydrogen) atoms. The van der Waals surface area contributed by atoms with Crippen LogP contribution in [0.25, 0.3) is 0 Å². The van der Waals surface area contributed by atoms with Gasteiger partial charge in [-0.1, -0.05) is 0 Å². The van der Waals surface area contributed by atoms with Gasteiger partial charge in [-0.3, -0.25) is 9.90 Å². The molecule has 1 aromatic carbocycles. The Morgan fingerprint density at radius 3 is 2.50 bits per heavy atom. The normalized spacial score (nSPS) is 10.6. The summed E-state index contributed by atoms with van der Waals surface area (Å²) in [7, 11) is 2.85. The van der Waals surface area contributed by atoms with Crippen molar-refractivity contribution >= 4 is 11.4 Å². The molecule has 0 spiro atoms. The number of ether oxygens (including phenoxy) is 1. The largest absolute Gasteiger partial charge is 0.432 e. The molecule has 0 aliphatic heterocycles. The Morgan fingerprint density at radius 1 is 1.38 bits per heavy atom. The molecule has 1 aromatic rings. The molecule has 0 amide bonds. The van der Waals surface area contributed by atoms with Crippen molar-refractivity contribution in [3.8, 4) is 5.75 Å². The van der Waals surface area contributed by atoms with E-state index < -0.39 is 18.2 Å². The van der Waals surface area contributed by atoms with Crippen molar-refractivity contribution in [1.82, 2.24) is 0 Å². The average Bonchev–Trinajstić information content (AvgIpc) is 2.20. The molecule has 0 fully saturated rings. The lowest BCUT2D eigenvalue weighted by atomic mass is 10.2. The molecule has 0 saturated carbocycles. The first-order chi connectivity index (χ1) is 7.45. The molecule has 2 N–H and O–H groups in total. The Labute approximate surface area is 90.3 Å². The molecule has 0 heterocycles. The van der Waals surface area contributed by atoms with Crippen molar-refractivity contribution in [2.45, 2.75) is 6.61 Å². The molecule has 4 nitrogen and oxygen atoms in total. The van der Waals surface area contributed by atoms with Crippen LogP contribution < -0.4 is 15.5 Å². The van der Waals surface area contributed by atoms with E-state index in [1.807, 2.05) is 0 Å². The van der Waals surface area contributed by atoms with Gasteiger partial charge >= 0.3 is 6.61 Å². The fourth-order valence-corrected chi connectivity index (χ4v) is 1.12. The van der Waals surface area contributed by atoms with E-state index in [0.29, 0.717) is 0 Å². The highest BCUT2D eigenvalue weighted by Crippen LogP contribution is 2.31. The van der Waals surface area contributed by atoms with Gasteiger partial charge in [-0.15, -0.1) is 0 Å². The van der Waals surface area contributed by atoms with Crippen molar-refractivity contribution in [2.75, 3.05) is 25.0 Å². The van der Waals surface area contributed by atoms with Crippen LogP contribution in [0.4, 0.5) is 24.5 Å². The number of hydrogen-bond acceptors (Lipinski definition) is 4. The average molecular weight is 236 g/mol. The first kappa shape index (κ1) is 12.4. The molecule has 0 unspecified atom stereocenters. The minimum atomic E-state index is -3.10. The van der Waals surface area contributed by atoms with Crippen LogP contribution in [0.15, 0.2) is 12.1 Å². The number of alkyl halides is 2. The second-order valence-corrected chi connectivity index (χ2v) is 2.90. The van der Waals surface area contributed by atoms with Gasteiger partial charge in [-0.25, -0.2) is 4.39 Å². The topological polar surface area (TPSA) is 47.7 Å². The number of nitrogens with zero attached hydrogens (tertiary/aromatic N) is 1. The Hall–Kier alpha value is -1.63. The van der Waals surface area contributed by atoms with Crippen LogP contribution in [-0.2, 0) is 4.84 Å². The molecular weight excluding hydrogens is 225 g/mol. The van der Waals surface area contributed by atoms with Gasteiger partial charge in [0.25, 0.3) is 0 Å². The lowest BCUT2D eigenvalue weighted by Gasteiger charge is -2.19. The summed E-state index contributed by atoms with van der Waals surface area (Å²) in [5.41, 5.74) is 5.79. The van der Waals surface area contributed by atoms with Crippen LogP contribution in [0.3, 0.4) is 0 Å². The molecule has 90 valence electrons. The fraction of sp³-hybridized carbons (Fsp3) is 0.333. The minimum absolute atomic E-state index is 0.0588. The molecule has 0 saturated heterocycles. The first-order valence-corrected chi connectivity index (χ1v) is 4.27. The molecular formula is C9H11F3N2O2. The van der Waals surface area contributed by atoms with Gasteiger partial charge in [-0.2, -0.15) is 8.78 Å². The summed E-state index contributed by atoms with van der Waals surface area (Å²) in [6.45, 7) is -3.10. The Kier molecular flexibility index (Phi) is 3.83. The number of benzene rings is 1. The van der Waals surface area contributed by atoms with Gasteiger partial charge in [0.2, 0.25) is 0 Å². The molecule has 7 heteroatoms. The number of rotatable bonds is 4. The van der Waals surface area contributed by atoms with Crippen molar-refractivity contribution in [3.05, 3.63) is 17.9 Å². The maximum absolute atomic E-state index is 13.2. The van der Waals surface area contributed by atoms with Crippen molar-refractivity contribution < 1.29 is 22.7 Å². The lowest BCUT2D eigenvalue weighted by Crippen LogP contribution is -2.17. The highest BCUT2D eigenvalue weighted by molar-refractivity contribution is 5.68. The van der Waals surface area contributed by atoms with Gasteiger partial charge < -0.3 is 10.5 Å². The molecule has 0 bridgehead atoms. The van der Waals surface area contributed by atoms with E-state index in [9.17, 15) is 13.2 Å². The van der Waals surface area contributed by atoms with Gasteiger partial charge in [0.1, 0.15) is 0 Å². The van der Waals surface area contributed by atoms with Gasteiger partial charge in [-0.05, 0) is 0 Å². The zero-order valence-corrected chi connectivity index (χ0v) is 8.71. The van der Waals surface area contributed by atoms with Gasteiger partial charge in [0.05, 0.1) is 18.5 Å². The second-order valence-electron chi connectivity index (χ2n) is 2.90. The third-order valence-corrected chi connectivity index (χ3v) is 1.91. The molecule has 0 aromatic heterocycles. The fourth-order valence-electron chi connectivity index (χ4n) is 1.12. The van der Waals surface area contributed by atoms with E-state index in [1.165, 1.54) is 19.2 Å². The van der Waals surface area contributed by atoms with E-state index in [4.69, 9.17) is 10.6 Å². The summed E-state index contributed by atoms with van der Waals surface area (Å²) in [6.07, 6.45) is 0. The van der Waals surface area contributed by atoms with Crippen LogP contribution >= 0.6 is 0 Å². The highest BCUT2D eigenvalue weighted by atomic mass is 19.3. The Bertz CT molecular complexity index is 374. The summed E-state index contributed by atoms with van der Waals surface area (Å²) >= 11 is 0. The van der Waals surface area contributed by atoms with Crippen molar-refractivity contribution in [3.63, 3.8) is 0 Å². The summed E-state index contributed by atoms with van der Waals surface area (Å²) in [5, 5.41) is 1.20. The third-order valence-electron chi connectivity index (χ3n) is 1.91. The SMILES string of the molecule is CON(C)c1cc(OC(F)F)c(F)cc1N. The Balaban J connectivity index is 3.11. The van der Waals surface area contributed by atoms with E-state index >= 15 is 0 Å². The first-order valence-electron chi connectivity index (χ1n) is 4.27. The summed E-state index contributed by atoms with van der Waals surface area (Å²) in [5.74, 6) is -1.53. The smallest absolute Gasteiger partial charge is 0.387 e. The lowest BCUT2D eigenvalue weighted by molar-refractivity contribution is -0.0521. The summed E-state index contributed by atoms with van der Waals surface area (Å²) < 4.78 is 41.1. The highest BCUT2D eigenvalue weighted by Gasteiger charge is 2.15. The molecule has 0 aliphatic carbocycles. The van der Waals surface area contributed by atoms with Gasteiger partial charge in [0.15, 0.2) is 11.6 Å². The predicted octanol–water partition coefficient (Wildman–Crippen LogP) is 2.01. The van der Waals surface area contributed by atoms with E-state index in [2.05, 4.69) is 4.74 Å². The van der Waals surface area contributed by atoms with Crippen LogP contribution in [0.2, 0.25) is 0 Å². The monoisotopic (exact) mass is 236 g/mol. The van der Waals surface area contributed by atoms with E-state index in [0.717, 1.165) is 12.1 Å². The van der Waals surface area contributed by atoms with Crippen LogP contribution in [0.1, 0.15) is 0 Å². The Morgan fingerprint density at radius 2 is 2.00 bits per heavy atom. The molecule has 0 aliphatic rings. The van der Waals surface area contributed by atoms with E-state index in [-0.39, 0.29) is 11.4 Å². The van der Waals surface area contributed by atoms with E-state index in [1.54, 1.807) is 0 Å². The van der Waals surface area contributed by atoms with Crippen LogP contribution in [-0.4, -0.2) is 20.8 Å². The van der Waals surface area contributed by atoms with Crippen molar-refractivity contribution in [1.29, 1.82) is 0 Å². The number of anilines is 2. The standard InChI is InChI=1S/C9H11F3N2O2/c1-14(15-2)7-4-8(16-9(11)12)5(10)3-6(7)13/h3-4,9H,13H2,1-2H3. The zero-order chi connectivity index (χ0) is 12.3. The number of hydrogen-bond donors (Lipinski definition) is 1. The quantitative estimate of drug-likeness (QED) is 0.641. The number of halogens is 3. The zero-order valence-electron chi connectivity index (χ0n) is 8.71. The molecule has 1 rings (SSSR count). The van der Waals surface area contributed by atoms with Crippen LogP contribution in [0.5, 0.6) is 5.75 Å². The maximum atomic E-state index is 13.2. The van der Waals surface area contributed by atoms with Crippen molar-refractivity contribution in [2.24, 2.45) is 0 Å².